The number of nitrogens with zero attached hydrogens (tertiary/aromatic N) is 3. The highest BCUT2D eigenvalue weighted by molar-refractivity contribution is 6.04. The summed E-state index contributed by atoms with van der Waals surface area (Å²) in [5, 5.41) is 10.6. The summed E-state index contributed by atoms with van der Waals surface area (Å²) in [5.41, 5.74) is 2.20. The Morgan fingerprint density at radius 2 is 2.10 bits per heavy atom. The number of hydrogen-bond acceptors (Lipinski definition) is 4. The first-order valence-corrected chi connectivity index (χ1v) is 6.51. The van der Waals surface area contributed by atoms with Crippen LogP contribution in [0.4, 0.5) is 5.69 Å². The zero-order chi connectivity index (χ0) is 14.7. The van der Waals surface area contributed by atoms with Gasteiger partial charge in [0.15, 0.2) is 0 Å². The fourth-order valence-electron chi connectivity index (χ4n) is 2.00. The van der Waals surface area contributed by atoms with Gasteiger partial charge >= 0.3 is 0 Å². The molecule has 1 aromatic carbocycles. The summed E-state index contributed by atoms with van der Waals surface area (Å²) in [6.07, 6.45) is 4.80. The van der Waals surface area contributed by atoms with E-state index in [0.717, 1.165) is 5.56 Å². The highest BCUT2D eigenvalue weighted by Gasteiger charge is 2.13. The minimum Gasteiger partial charge on any atom is -0.361 e. The van der Waals surface area contributed by atoms with E-state index < -0.39 is 0 Å². The lowest BCUT2D eigenvalue weighted by atomic mass is 10.2. The summed E-state index contributed by atoms with van der Waals surface area (Å²) in [4.78, 5) is 12.0. The van der Waals surface area contributed by atoms with E-state index in [-0.39, 0.29) is 5.91 Å². The third-order valence-electron chi connectivity index (χ3n) is 3.07. The van der Waals surface area contributed by atoms with Crippen molar-refractivity contribution in [3.63, 3.8) is 0 Å². The number of carbonyl (C=O) groups excluding carboxylic acids is 1. The van der Waals surface area contributed by atoms with E-state index in [1.807, 2.05) is 30.3 Å². The first-order chi connectivity index (χ1) is 10.2. The Labute approximate surface area is 121 Å². The summed E-state index contributed by atoms with van der Waals surface area (Å²) < 4.78 is 6.65. The lowest BCUT2D eigenvalue weighted by molar-refractivity contribution is 0.102. The van der Waals surface area contributed by atoms with Crippen LogP contribution in [0.2, 0.25) is 0 Å². The van der Waals surface area contributed by atoms with Gasteiger partial charge in [-0.15, -0.1) is 0 Å². The van der Waals surface area contributed by atoms with E-state index in [1.165, 1.54) is 6.20 Å². The second-order valence-corrected chi connectivity index (χ2v) is 4.66. The van der Waals surface area contributed by atoms with Crippen molar-refractivity contribution in [2.75, 3.05) is 5.32 Å². The zero-order valence-electron chi connectivity index (χ0n) is 11.5. The lowest BCUT2D eigenvalue weighted by Gasteiger charge is -2.01. The van der Waals surface area contributed by atoms with Crippen LogP contribution in [0.5, 0.6) is 0 Å². The van der Waals surface area contributed by atoms with Crippen molar-refractivity contribution >= 4 is 11.6 Å². The summed E-state index contributed by atoms with van der Waals surface area (Å²) in [5.74, 6) is 0.234. The van der Waals surface area contributed by atoms with E-state index in [9.17, 15) is 4.79 Å². The molecule has 0 unspecified atom stereocenters. The predicted octanol–water partition coefficient (Wildman–Crippen LogP) is 2.48. The molecular weight excluding hydrogens is 268 g/mol. The van der Waals surface area contributed by atoms with Gasteiger partial charge in [0, 0.05) is 6.20 Å². The number of nitrogens with one attached hydrogen (secondary N) is 1. The molecule has 0 aliphatic heterocycles. The average Bonchev–Trinajstić information content (AvgIpc) is 3.09. The van der Waals surface area contributed by atoms with E-state index in [1.54, 1.807) is 24.0 Å². The number of aryl methyl sites for hydroxylation is 1. The Balaban J connectivity index is 1.68. The van der Waals surface area contributed by atoms with Gasteiger partial charge < -0.3 is 9.84 Å². The summed E-state index contributed by atoms with van der Waals surface area (Å²) >= 11 is 0. The Bertz CT molecular complexity index is 746. The van der Waals surface area contributed by atoms with Gasteiger partial charge in [0.2, 0.25) is 0 Å². The maximum absolute atomic E-state index is 12.0. The number of aromatic nitrogens is 3. The Morgan fingerprint density at radius 3 is 2.81 bits per heavy atom. The molecule has 0 radical (unpaired) electrons. The average molecular weight is 282 g/mol. The molecule has 0 saturated carbocycles. The molecule has 3 rings (SSSR count). The molecular formula is C15H14N4O2. The van der Waals surface area contributed by atoms with Crippen molar-refractivity contribution in [3.05, 3.63) is 65.8 Å². The monoisotopic (exact) mass is 282 g/mol. The molecule has 1 N–H and O–H groups in total. The van der Waals surface area contributed by atoms with Crippen molar-refractivity contribution < 1.29 is 9.32 Å². The van der Waals surface area contributed by atoms with Crippen LogP contribution < -0.4 is 5.32 Å². The fourth-order valence-corrected chi connectivity index (χ4v) is 2.00. The molecule has 3 aromatic rings. The van der Waals surface area contributed by atoms with E-state index in [2.05, 4.69) is 15.6 Å². The molecule has 0 saturated heterocycles. The topological polar surface area (TPSA) is 73.0 Å². The number of hydrogen-bond donors (Lipinski definition) is 1. The molecule has 1 amide bonds. The predicted molar refractivity (Wildman–Crippen MR) is 77.0 cm³/mol. The van der Waals surface area contributed by atoms with Crippen molar-refractivity contribution in [1.82, 2.24) is 14.9 Å². The van der Waals surface area contributed by atoms with Crippen molar-refractivity contribution in [3.8, 4) is 0 Å². The van der Waals surface area contributed by atoms with Crippen LogP contribution >= 0.6 is 0 Å². The van der Waals surface area contributed by atoms with Crippen LogP contribution in [0.25, 0.3) is 0 Å². The molecule has 0 aliphatic rings. The smallest absolute Gasteiger partial charge is 0.260 e. The fraction of sp³-hybridized carbons (Fsp3) is 0.133. The summed E-state index contributed by atoms with van der Waals surface area (Å²) in [7, 11) is 0. The molecule has 106 valence electrons. The van der Waals surface area contributed by atoms with Gasteiger partial charge in [-0.1, -0.05) is 35.5 Å². The number of amides is 1. The lowest BCUT2D eigenvalue weighted by Crippen LogP contribution is -2.11. The molecule has 0 fully saturated rings. The van der Waals surface area contributed by atoms with Gasteiger partial charge in [-0.05, 0) is 12.5 Å². The molecule has 6 nitrogen and oxygen atoms in total. The van der Waals surface area contributed by atoms with Gasteiger partial charge in [0.1, 0.15) is 11.3 Å². The van der Waals surface area contributed by atoms with E-state index >= 15 is 0 Å². The summed E-state index contributed by atoms with van der Waals surface area (Å²) in [6.45, 7) is 2.35. The van der Waals surface area contributed by atoms with Crippen molar-refractivity contribution in [2.24, 2.45) is 0 Å². The quantitative estimate of drug-likeness (QED) is 0.798. The second kappa shape index (κ2) is 5.62. The first-order valence-electron chi connectivity index (χ1n) is 6.51. The van der Waals surface area contributed by atoms with Crippen LogP contribution in [0, 0.1) is 6.92 Å². The van der Waals surface area contributed by atoms with Gasteiger partial charge in [-0.25, -0.2) is 0 Å². The number of rotatable bonds is 4. The SMILES string of the molecule is Cc1oncc1C(=O)Nc1cnn(Cc2ccccc2)c1. The van der Waals surface area contributed by atoms with Crippen LogP contribution in [-0.2, 0) is 6.54 Å². The molecule has 2 heterocycles. The molecule has 0 atom stereocenters. The first kappa shape index (κ1) is 13.1. The van der Waals surface area contributed by atoms with Crippen LogP contribution in [-0.4, -0.2) is 20.8 Å². The van der Waals surface area contributed by atoms with E-state index in [4.69, 9.17) is 4.52 Å². The molecule has 6 heteroatoms. The highest BCUT2D eigenvalue weighted by atomic mass is 16.5. The Hall–Kier alpha value is -2.89. The van der Waals surface area contributed by atoms with Gasteiger partial charge in [-0.2, -0.15) is 5.10 Å². The molecule has 0 spiro atoms. The zero-order valence-corrected chi connectivity index (χ0v) is 11.5. The number of carbonyl (C=O) groups is 1. The number of benzene rings is 1. The standard InChI is InChI=1S/C15H14N4O2/c1-11-14(8-17-21-11)15(20)18-13-7-16-19(10-13)9-12-5-3-2-4-6-12/h2-8,10H,9H2,1H3,(H,18,20). The van der Waals surface area contributed by atoms with Crippen molar-refractivity contribution in [1.29, 1.82) is 0 Å². The van der Waals surface area contributed by atoms with E-state index in [0.29, 0.717) is 23.6 Å². The normalized spacial score (nSPS) is 10.5. The van der Waals surface area contributed by atoms with Gasteiger partial charge in [0.25, 0.3) is 5.91 Å². The Morgan fingerprint density at radius 1 is 1.29 bits per heavy atom. The molecule has 0 aliphatic carbocycles. The third kappa shape index (κ3) is 3.00. The van der Waals surface area contributed by atoms with Gasteiger partial charge in [0.05, 0.1) is 24.6 Å². The molecule has 21 heavy (non-hydrogen) atoms. The maximum Gasteiger partial charge on any atom is 0.260 e. The van der Waals surface area contributed by atoms with Crippen LogP contribution in [0.15, 0.2) is 53.4 Å². The largest absolute Gasteiger partial charge is 0.361 e. The highest BCUT2D eigenvalue weighted by Crippen LogP contribution is 2.12. The second-order valence-electron chi connectivity index (χ2n) is 4.66. The maximum atomic E-state index is 12.0. The molecule has 0 bridgehead atoms. The van der Waals surface area contributed by atoms with Gasteiger partial charge in [-0.3, -0.25) is 9.48 Å². The van der Waals surface area contributed by atoms with Crippen LogP contribution in [0.3, 0.4) is 0 Å². The summed E-state index contributed by atoms with van der Waals surface area (Å²) in [6, 6.07) is 9.99. The minimum absolute atomic E-state index is 0.256. The van der Waals surface area contributed by atoms with Crippen LogP contribution in [0.1, 0.15) is 21.7 Å². The third-order valence-corrected chi connectivity index (χ3v) is 3.07. The minimum atomic E-state index is -0.256. The number of anilines is 1. The molecule has 2 aromatic heterocycles. The Kier molecular flexibility index (Phi) is 3.51. The van der Waals surface area contributed by atoms with Crippen molar-refractivity contribution in [2.45, 2.75) is 13.5 Å².